The maximum Gasteiger partial charge on any atom is 0.184 e. The Hall–Kier alpha value is -2.76. The summed E-state index contributed by atoms with van der Waals surface area (Å²) in [6.45, 7) is 1.13. The van der Waals surface area contributed by atoms with Gasteiger partial charge in [-0.3, -0.25) is 0 Å². The minimum absolute atomic E-state index is 0.555. The monoisotopic (exact) mass is 282 g/mol. The van der Waals surface area contributed by atoms with Crippen molar-refractivity contribution in [3.8, 4) is 11.5 Å². The van der Waals surface area contributed by atoms with Gasteiger partial charge in [-0.15, -0.1) is 0 Å². The van der Waals surface area contributed by atoms with E-state index in [2.05, 4.69) is 15.3 Å². The average Bonchev–Trinajstić information content (AvgIpc) is 2.89. The molecule has 21 heavy (non-hydrogen) atoms. The highest BCUT2D eigenvalue weighted by molar-refractivity contribution is 5.79. The first-order valence-electron chi connectivity index (χ1n) is 6.74. The molecule has 6 nitrogen and oxygen atoms in total. The van der Waals surface area contributed by atoms with Crippen LogP contribution in [0.25, 0.3) is 11.0 Å². The molecule has 0 spiro atoms. The highest BCUT2D eigenvalue weighted by Crippen LogP contribution is 2.38. The predicted octanol–water partition coefficient (Wildman–Crippen LogP) is 2.48. The number of hydrogen-bond acceptors (Lipinski definition) is 5. The number of ether oxygens (including phenoxy) is 2. The molecule has 0 aliphatic carbocycles. The van der Waals surface area contributed by atoms with Crippen LogP contribution in [0.15, 0.2) is 36.8 Å². The molecular weight excluding hydrogens is 268 g/mol. The van der Waals surface area contributed by atoms with Crippen LogP contribution >= 0.6 is 0 Å². The number of benzene rings is 1. The fourth-order valence-corrected chi connectivity index (χ4v) is 2.41. The summed E-state index contributed by atoms with van der Waals surface area (Å²) >= 11 is 0. The molecular formula is C15H14N4O2. The van der Waals surface area contributed by atoms with E-state index in [0.29, 0.717) is 13.2 Å². The lowest BCUT2D eigenvalue weighted by atomic mass is 10.2. The molecule has 0 amide bonds. The molecule has 0 unspecified atom stereocenters. The first-order chi connectivity index (χ1) is 10.3. The highest BCUT2D eigenvalue weighted by Gasteiger charge is 2.16. The molecule has 1 aliphatic rings. The topological polar surface area (TPSA) is 61.2 Å². The van der Waals surface area contributed by atoms with Crippen LogP contribution in [0, 0.1) is 0 Å². The van der Waals surface area contributed by atoms with Gasteiger partial charge in [0.2, 0.25) is 0 Å². The average molecular weight is 282 g/mol. The first-order valence-corrected chi connectivity index (χ1v) is 6.74. The summed E-state index contributed by atoms with van der Waals surface area (Å²) in [5, 5.41) is 3.28. The van der Waals surface area contributed by atoms with E-state index < -0.39 is 0 Å². The summed E-state index contributed by atoms with van der Waals surface area (Å²) in [6, 6.07) is 7.74. The summed E-state index contributed by atoms with van der Waals surface area (Å²) < 4.78 is 13.2. The second-order valence-corrected chi connectivity index (χ2v) is 4.87. The Morgan fingerprint density at radius 3 is 3.05 bits per heavy atom. The van der Waals surface area contributed by atoms with Crippen LogP contribution in [0.2, 0.25) is 0 Å². The van der Waals surface area contributed by atoms with Crippen molar-refractivity contribution in [1.82, 2.24) is 14.5 Å². The Morgan fingerprint density at radius 1 is 1.19 bits per heavy atom. The summed E-state index contributed by atoms with van der Waals surface area (Å²) in [7, 11) is 1.96. The van der Waals surface area contributed by atoms with Gasteiger partial charge in [0.05, 0.1) is 23.7 Å². The molecule has 0 saturated heterocycles. The van der Waals surface area contributed by atoms with E-state index in [1.54, 1.807) is 12.5 Å². The maximum absolute atomic E-state index is 5.69. The molecule has 3 heterocycles. The van der Waals surface area contributed by atoms with Crippen molar-refractivity contribution in [3.63, 3.8) is 0 Å². The maximum atomic E-state index is 5.69. The van der Waals surface area contributed by atoms with Crippen molar-refractivity contribution in [2.45, 2.75) is 0 Å². The molecule has 0 saturated carbocycles. The lowest BCUT2D eigenvalue weighted by Crippen LogP contribution is -2.16. The smallest absolute Gasteiger partial charge is 0.184 e. The van der Waals surface area contributed by atoms with Crippen molar-refractivity contribution in [3.05, 3.63) is 36.8 Å². The number of para-hydroxylation sites is 1. The molecule has 3 aromatic rings. The molecule has 1 N–H and O–H groups in total. The number of nitrogens with one attached hydrogen (secondary N) is 1. The van der Waals surface area contributed by atoms with Gasteiger partial charge in [0.25, 0.3) is 0 Å². The first kappa shape index (κ1) is 12.0. The summed E-state index contributed by atoms with van der Waals surface area (Å²) in [5.74, 6) is 2.23. The number of hydrogen-bond donors (Lipinski definition) is 1. The van der Waals surface area contributed by atoms with Gasteiger partial charge in [-0.2, -0.15) is 0 Å². The Morgan fingerprint density at radius 2 is 2.10 bits per heavy atom. The van der Waals surface area contributed by atoms with Crippen LogP contribution < -0.4 is 14.8 Å². The second-order valence-electron chi connectivity index (χ2n) is 4.87. The van der Waals surface area contributed by atoms with Crippen LogP contribution in [0.3, 0.4) is 0 Å². The Balaban J connectivity index is 1.72. The Kier molecular flexibility index (Phi) is 2.67. The molecule has 106 valence electrons. The van der Waals surface area contributed by atoms with Crippen molar-refractivity contribution >= 4 is 22.5 Å². The van der Waals surface area contributed by atoms with Gasteiger partial charge in [0.1, 0.15) is 24.5 Å². The largest absolute Gasteiger partial charge is 0.486 e. The molecule has 0 atom stereocenters. The zero-order valence-electron chi connectivity index (χ0n) is 11.5. The number of fused-ring (bicyclic) bond motifs is 2. The number of aryl methyl sites for hydroxylation is 1. The number of nitrogens with zero attached hydrogens (tertiary/aromatic N) is 3. The van der Waals surface area contributed by atoms with Crippen LogP contribution in [0.5, 0.6) is 11.5 Å². The number of aromatic nitrogens is 3. The van der Waals surface area contributed by atoms with Crippen molar-refractivity contribution in [2.24, 2.45) is 7.05 Å². The molecule has 6 heteroatoms. The van der Waals surface area contributed by atoms with E-state index in [4.69, 9.17) is 9.47 Å². The van der Waals surface area contributed by atoms with Gasteiger partial charge in [0.15, 0.2) is 11.5 Å². The van der Waals surface area contributed by atoms with Crippen LogP contribution in [-0.4, -0.2) is 27.7 Å². The highest BCUT2D eigenvalue weighted by atomic mass is 16.6. The second kappa shape index (κ2) is 4.66. The third-order valence-corrected chi connectivity index (χ3v) is 3.44. The molecule has 0 fully saturated rings. The fraction of sp³-hybridized carbons (Fsp3) is 0.200. The fourth-order valence-electron chi connectivity index (χ4n) is 2.41. The Bertz CT molecular complexity index is 813. The third-order valence-electron chi connectivity index (χ3n) is 3.44. The zero-order valence-corrected chi connectivity index (χ0v) is 11.5. The van der Waals surface area contributed by atoms with Gasteiger partial charge in [-0.25, -0.2) is 9.97 Å². The van der Waals surface area contributed by atoms with E-state index >= 15 is 0 Å². The molecule has 0 bridgehead atoms. The Labute approximate surface area is 121 Å². The molecule has 4 rings (SSSR count). The molecule has 1 aliphatic heterocycles. The van der Waals surface area contributed by atoms with E-state index in [0.717, 1.165) is 34.0 Å². The van der Waals surface area contributed by atoms with Gasteiger partial charge in [0, 0.05) is 13.1 Å². The number of imidazole rings is 1. The van der Waals surface area contributed by atoms with Gasteiger partial charge >= 0.3 is 0 Å². The molecule has 2 aromatic heterocycles. The van der Waals surface area contributed by atoms with Crippen molar-refractivity contribution in [2.75, 3.05) is 18.5 Å². The standard InChI is InChI=1S/C15H14N4O2/c1-19-9-17-11-8-16-14(7-12(11)19)18-10-3-2-4-13-15(10)21-6-5-20-13/h2-4,7-9H,5-6H2,1H3,(H,16,18). The third kappa shape index (κ3) is 2.05. The molecule has 0 radical (unpaired) electrons. The van der Waals surface area contributed by atoms with Crippen LogP contribution in [0.1, 0.15) is 0 Å². The van der Waals surface area contributed by atoms with E-state index in [1.807, 2.05) is 35.9 Å². The van der Waals surface area contributed by atoms with E-state index in [9.17, 15) is 0 Å². The lowest BCUT2D eigenvalue weighted by Gasteiger charge is -2.21. The van der Waals surface area contributed by atoms with Crippen molar-refractivity contribution in [1.29, 1.82) is 0 Å². The SMILES string of the molecule is Cn1cnc2cnc(Nc3cccc4c3OCCO4)cc21. The van der Waals surface area contributed by atoms with Gasteiger partial charge < -0.3 is 19.4 Å². The normalized spacial score (nSPS) is 13.4. The summed E-state index contributed by atoms with van der Waals surface area (Å²) in [5.41, 5.74) is 2.74. The summed E-state index contributed by atoms with van der Waals surface area (Å²) in [6.07, 6.45) is 3.53. The minimum Gasteiger partial charge on any atom is -0.486 e. The van der Waals surface area contributed by atoms with Gasteiger partial charge in [-0.1, -0.05) is 6.07 Å². The minimum atomic E-state index is 0.555. The van der Waals surface area contributed by atoms with Gasteiger partial charge in [-0.05, 0) is 12.1 Å². The summed E-state index contributed by atoms with van der Waals surface area (Å²) in [4.78, 5) is 8.65. The van der Waals surface area contributed by atoms with Crippen LogP contribution in [-0.2, 0) is 7.05 Å². The lowest BCUT2D eigenvalue weighted by molar-refractivity contribution is 0.172. The quantitative estimate of drug-likeness (QED) is 0.782. The van der Waals surface area contributed by atoms with E-state index in [-0.39, 0.29) is 0 Å². The number of anilines is 2. The number of rotatable bonds is 2. The predicted molar refractivity (Wildman–Crippen MR) is 79.2 cm³/mol. The molecule has 1 aromatic carbocycles. The number of pyridine rings is 1. The van der Waals surface area contributed by atoms with E-state index in [1.165, 1.54) is 0 Å². The van der Waals surface area contributed by atoms with Crippen LogP contribution in [0.4, 0.5) is 11.5 Å². The zero-order chi connectivity index (χ0) is 14.2. The van der Waals surface area contributed by atoms with Crippen molar-refractivity contribution < 1.29 is 9.47 Å².